The maximum absolute atomic E-state index is 10.4. The van der Waals surface area contributed by atoms with E-state index in [0.29, 0.717) is 5.89 Å². The molecule has 0 fully saturated rings. The fraction of sp³-hybridized carbons (Fsp3) is 0.100. The molecule has 0 unspecified atom stereocenters. The molecule has 0 aliphatic carbocycles. The van der Waals surface area contributed by atoms with E-state index in [1.165, 1.54) is 9.40 Å². The number of thioether (sulfide) groups is 1. The van der Waals surface area contributed by atoms with E-state index in [9.17, 15) is 4.79 Å². The standard InChI is InChI=1S/C10H6N2O3S3/c13-8(14)4-17-10-12-11-9(15-10)7-3-6-5(18-7)1-2-16-6/h1-3H,4H2,(H,13,14). The molecule has 0 amide bonds. The first-order valence-corrected chi connectivity index (χ1v) is 7.56. The molecule has 0 bridgehead atoms. The molecule has 0 aromatic carbocycles. The van der Waals surface area contributed by atoms with Gasteiger partial charge in [0.25, 0.3) is 11.1 Å². The highest BCUT2D eigenvalue weighted by Gasteiger charge is 2.13. The Labute approximate surface area is 113 Å². The van der Waals surface area contributed by atoms with E-state index in [1.807, 2.05) is 17.5 Å². The molecule has 8 heteroatoms. The summed E-state index contributed by atoms with van der Waals surface area (Å²) in [4.78, 5) is 11.3. The topological polar surface area (TPSA) is 76.2 Å². The number of fused-ring (bicyclic) bond motifs is 1. The number of aromatic nitrogens is 2. The molecule has 3 aromatic heterocycles. The molecule has 1 N–H and O–H groups in total. The molecular formula is C10H6N2O3S3. The van der Waals surface area contributed by atoms with Crippen LogP contribution >= 0.6 is 34.4 Å². The Bertz CT molecular complexity index is 671. The van der Waals surface area contributed by atoms with Gasteiger partial charge in [-0.25, -0.2) is 0 Å². The van der Waals surface area contributed by atoms with Crippen molar-refractivity contribution in [3.05, 3.63) is 17.5 Å². The van der Waals surface area contributed by atoms with Crippen LogP contribution in [0.15, 0.2) is 27.2 Å². The van der Waals surface area contributed by atoms with Crippen LogP contribution in [0.4, 0.5) is 0 Å². The molecule has 0 radical (unpaired) electrons. The van der Waals surface area contributed by atoms with Gasteiger partial charge in [-0.15, -0.1) is 32.9 Å². The van der Waals surface area contributed by atoms with Crippen LogP contribution in [0.2, 0.25) is 0 Å². The quantitative estimate of drug-likeness (QED) is 0.745. The van der Waals surface area contributed by atoms with Crippen molar-refractivity contribution in [2.24, 2.45) is 0 Å². The van der Waals surface area contributed by atoms with E-state index >= 15 is 0 Å². The summed E-state index contributed by atoms with van der Waals surface area (Å²) < 4.78 is 7.79. The number of nitrogens with zero attached hydrogens (tertiary/aromatic N) is 2. The summed E-state index contributed by atoms with van der Waals surface area (Å²) in [5, 5.41) is 18.6. The molecular weight excluding hydrogens is 292 g/mol. The van der Waals surface area contributed by atoms with Crippen molar-refractivity contribution < 1.29 is 14.3 Å². The maximum atomic E-state index is 10.4. The highest BCUT2D eigenvalue weighted by Crippen LogP contribution is 2.36. The van der Waals surface area contributed by atoms with Gasteiger partial charge in [0, 0.05) is 9.40 Å². The Kier molecular flexibility index (Phi) is 3.06. The van der Waals surface area contributed by atoms with Crippen molar-refractivity contribution in [3.8, 4) is 10.8 Å². The molecule has 92 valence electrons. The molecule has 3 heterocycles. The molecule has 0 saturated carbocycles. The third kappa shape index (κ3) is 2.26. The Morgan fingerprint density at radius 1 is 1.44 bits per heavy atom. The van der Waals surface area contributed by atoms with E-state index in [0.717, 1.165) is 16.6 Å². The predicted octanol–water partition coefficient (Wildman–Crippen LogP) is 3.19. The van der Waals surface area contributed by atoms with Gasteiger partial charge in [0.2, 0.25) is 0 Å². The van der Waals surface area contributed by atoms with Gasteiger partial charge in [-0.1, -0.05) is 11.8 Å². The first-order valence-electron chi connectivity index (χ1n) is 4.88. The number of aliphatic carboxylic acids is 1. The number of carboxylic acid groups (broad SMARTS) is 1. The lowest BCUT2D eigenvalue weighted by atomic mass is 10.4. The van der Waals surface area contributed by atoms with Gasteiger partial charge in [0.15, 0.2) is 0 Å². The summed E-state index contributed by atoms with van der Waals surface area (Å²) in [5.41, 5.74) is 0. The molecule has 0 atom stereocenters. The fourth-order valence-corrected chi connectivity index (χ4v) is 3.88. The summed E-state index contributed by atoms with van der Waals surface area (Å²) in [6.45, 7) is 0. The maximum Gasteiger partial charge on any atom is 0.314 e. The summed E-state index contributed by atoms with van der Waals surface area (Å²) >= 11 is 4.27. The first-order chi connectivity index (χ1) is 8.72. The molecule has 0 aliphatic heterocycles. The minimum atomic E-state index is -0.906. The number of carboxylic acids is 1. The Balaban J connectivity index is 1.84. The van der Waals surface area contributed by atoms with Gasteiger partial charge < -0.3 is 9.52 Å². The van der Waals surface area contributed by atoms with E-state index in [2.05, 4.69) is 10.2 Å². The van der Waals surface area contributed by atoms with Crippen molar-refractivity contribution in [1.82, 2.24) is 10.2 Å². The minimum Gasteiger partial charge on any atom is -0.481 e. The Morgan fingerprint density at radius 2 is 2.33 bits per heavy atom. The average Bonchev–Trinajstić information content (AvgIpc) is 3.00. The average molecular weight is 298 g/mol. The second-order valence-electron chi connectivity index (χ2n) is 3.32. The highest BCUT2D eigenvalue weighted by molar-refractivity contribution is 7.99. The highest BCUT2D eigenvalue weighted by atomic mass is 32.2. The molecule has 5 nitrogen and oxygen atoms in total. The minimum absolute atomic E-state index is 0.0822. The SMILES string of the molecule is O=C(O)CSc1nnc(-c2cc3sccc3s2)o1. The van der Waals surface area contributed by atoms with Gasteiger partial charge in [0.1, 0.15) is 5.75 Å². The lowest BCUT2D eigenvalue weighted by Crippen LogP contribution is -1.97. The number of rotatable bonds is 4. The zero-order valence-corrected chi connectivity index (χ0v) is 11.3. The summed E-state index contributed by atoms with van der Waals surface area (Å²) in [6, 6.07) is 4.05. The number of thiophene rings is 2. The van der Waals surface area contributed by atoms with Crippen LogP contribution in [0.25, 0.3) is 20.2 Å². The summed E-state index contributed by atoms with van der Waals surface area (Å²) in [6.07, 6.45) is 0. The van der Waals surface area contributed by atoms with E-state index in [1.54, 1.807) is 22.7 Å². The van der Waals surface area contributed by atoms with Crippen molar-refractivity contribution in [1.29, 1.82) is 0 Å². The van der Waals surface area contributed by atoms with Gasteiger partial charge in [-0.2, -0.15) is 0 Å². The van der Waals surface area contributed by atoms with Crippen LogP contribution in [0.1, 0.15) is 0 Å². The number of carbonyl (C=O) groups is 1. The van der Waals surface area contributed by atoms with Crippen LogP contribution in [-0.2, 0) is 4.79 Å². The Morgan fingerprint density at radius 3 is 3.11 bits per heavy atom. The van der Waals surface area contributed by atoms with Crippen molar-refractivity contribution in [2.75, 3.05) is 5.75 Å². The van der Waals surface area contributed by atoms with E-state index in [-0.39, 0.29) is 11.0 Å². The third-order valence-corrected chi connectivity index (χ3v) is 4.96. The van der Waals surface area contributed by atoms with Crippen LogP contribution < -0.4 is 0 Å². The van der Waals surface area contributed by atoms with Crippen molar-refractivity contribution in [2.45, 2.75) is 5.22 Å². The predicted molar refractivity (Wildman–Crippen MR) is 71.4 cm³/mol. The second-order valence-corrected chi connectivity index (χ2v) is 6.27. The molecule has 18 heavy (non-hydrogen) atoms. The van der Waals surface area contributed by atoms with Crippen LogP contribution in [0.3, 0.4) is 0 Å². The fourth-order valence-electron chi connectivity index (χ4n) is 1.36. The third-order valence-electron chi connectivity index (χ3n) is 2.08. The van der Waals surface area contributed by atoms with Gasteiger partial charge >= 0.3 is 5.97 Å². The zero-order chi connectivity index (χ0) is 12.5. The van der Waals surface area contributed by atoms with E-state index in [4.69, 9.17) is 9.52 Å². The first kappa shape index (κ1) is 11.7. The van der Waals surface area contributed by atoms with E-state index < -0.39 is 5.97 Å². The monoisotopic (exact) mass is 298 g/mol. The van der Waals surface area contributed by atoms with Gasteiger partial charge in [-0.3, -0.25) is 4.79 Å². The molecule has 3 aromatic rings. The largest absolute Gasteiger partial charge is 0.481 e. The second kappa shape index (κ2) is 4.71. The Hall–Kier alpha value is -1.38. The number of hydrogen-bond donors (Lipinski definition) is 1. The molecule has 0 spiro atoms. The molecule has 0 saturated heterocycles. The lowest BCUT2D eigenvalue weighted by molar-refractivity contribution is -0.133. The normalized spacial score (nSPS) is 11.1. The molecule has 0 aliphatic rings. The number of hydrogen-bond acceptors (Lipinski definition) is 7. The van der Waals surface area contributed by atoms with Crippen LogP contribution in [-0.4, -0.2) is 27.0 Å². The van der Waals surface area contributed by atoms with Crippen molar-refractivity contribution >= 4 is 49.8 Å². The smallest absolute Gasteiger partial charge is 0.314 e. The zero-order valence-electron chi connectivity index (χ0n) is 8.82. The summed E-state index contributed by atoms with van der Waals surface area (Å²) in [5.74, 6) is -0.547. The van der Waals surface area contributed by atoms with Crippen LogP contribution in [0, 0.1) is 0 Å². The summed E-state index contributed by atoms with van der Waals surface area (Å²) in [7, 11) is 0. The van der Waals surface area contributed by atoms with Gasteiger partial charge in [0.05, 0.1) is 4.88 Å². The lowest BCUT2D eigenvalue weighted by Gasteiger charge is -1.88. The van der Waals surface area contributed by atoms with Gasteiger partial charge in [-0.05, 0) is 17.5 Å². The molecule has 3 rings (SSSR count). The van der Waals surface area contributed by atoms with Crippen molar-refractivity contribution in [3.63, 3.8) is 0 Å². The van der Waals surface area contributed by atoms with Crippen LogP contribution in [0.5, 0.6) is 0 Å².